The van der Waals surface area contributed by atoms with E-state index in [0.717, 1.165) is 24.9 Å². The number of nitrogens with zero attached hydrogens (tertiary/aromatic N) is 1. The summed E-state index contributed by atoms with van der Waals surface area (Å²) in [6.45, 7) is 0. The second-order valence-corrected chi connectivity index (χ2v) is 7.10. The highest BCUT2D eigenvalue weighted by Crippen LogP contribution is 2.32. The minimum absolute atomic E-state index is 0.0429. The molecule has 4 heteroatoms. The van der Waals surface area contributed by atoms with Crippen LogP contribution in [0.1, 0.15) is 28.8 Å². The van der Waals surface area contributed by atoms with E-state index in [0.29, 0.717) is 11.5 Å². The molecule has 0 unspecified atom stereocenters. The molecule has 1 aliphatic rings. The minimum Gasteiger partial charge on any atom is -0.393 e. The number of hydrogen-bond donors (Lipinski definition) is 2. The third-order valence-corrected chi connectivity index (χ3v) is 4.96. The molecule has 132 valence electrons. The predicted octanol–water partition coefficient (Wildman–Crippen LogP) is 2.86. The molecule has 0 heterocycles. The van der Waals surface area contributed by atoms with E-state index >= 15 is 0 Å². The molecule has 2 N–H and O–H groups in total. The molecule has 4 nitrogen and oxygen atoms in total. The Morgan fingerprint density at radius 1 is 1.16 bits per heavy atom. The molecule has 0 spiro atoms. The average Bonchev–Trinajstić information content (AvgIpc) is 2.59. The molecule has 2 aromatic carbocycles. The van der Waals surface area contributed by atoms with Crippen molar-refractivity contribution in [2.75, 3.05) is 19.0 Å². The van der Waals surface area contributed by atoms with Gasteiger partial charge in [0.2, 0.25) is 0 Å². The van der Waals surface area contributed by atoms with Crippen LogP contribution in [-0.2, 0) is 6.42 Å². The highest BCUT2D eigenvalue weighted by atomic mass is 16.3. The molecule has 2 aromatic rings. The number of aliphatic hydroxyl groups excluding tert-OH is 1. The molecule has 1 atom stereocenters. The number of nitrogens with one attached hydrogen (secondary N) is 1. The van der Waals surface area contributed by atoms with Gasteiger partial charge in [-0.05, 0) is 48.9 Å². The van der Waals surface area contributed by atoms with Gasteiger partial charge >= 0.3 is 0 Å². The SMILES string of the molecule is CN(C)c1cccc(C(=O)N[C@H](Cc2ccccc2)C2CC(O)C2)c1. The van der Waals surface area contributed by atoms with Gasteiger partial charge in [0.1, 0.15) is 0 Å². The third-order valence-electron chi connectivity index (χ3n) is 4.96. The largest absolute Gasteiger partial charge is 0.393 e. The first-order chi connectivity index (χ1) is 12.0. The summed E-state index contributed by atoms with van der Waals surface area (Å²) in [5.41, 5.74) is 2.88. The van der Waals surface area contributed by atoms with E-state index in [1.165, 1.54) is 5.56 Å². The Hall–Kier alpha value is -2.33. The van der Waals surface area contributed by atoms with E-state index in [1.54, 1.807) is 0 Å². The highest BCUT2D eigenvalue weighted by molar-refractivity contribution is 5.95. The number of hydrogen-bond acceptors (Lipinski definition) is 3. The summed E-state index contributed by atoms with van der Waals surface area (Å²) >= 11 is 0. The molecule has 1 amide bonds. The fourth-order valence-electron chi connectivity index (χ4n) is 3.34. The van der Waals surface area contributed by atoms with Gasteiger partial charge in [-0.3, -0.25) is 4.79 Å². The Balaban J connectivity index is 1.73. The lowest BCUT2D eigenvalue weighted by Crippen LogP contribution is -2.48. The monoisotopic (exact) mass is 338 g/mol. The molecule has 0 bridgehead atoms. The Bertz CT molecular complexity index is 709. The zero-order valence-corrected chi connectivity index (χ0v) is 14.9. The van der Waals surface area contributed by atoms with Gasteiger partial charge in [0.25, 0.3) is 5.91 Å². The van der Waals surface area contributed by atoms with Crippen molar-refractivity contribution in [3.8, 4) is 0 Å². The topological polar surface area (TPSA) is 52.6 Å². The molecule has 25 heavy (non-hydrogen) atoms. The maximum absolute atomic E-state index is 12.8. The number of carbonyl (C=O) groups is 1. The Kier molecular flexibility index (Phi) is 5.39. The minimum atomic E-state index is -0.225. The first kappa shape index (κ1) is 17.5. The first-order valence-corrected chi connectivity index (χ1v) is 8.83. The van der Waals surface area contributed by atoms with Gasteiger partial charge in [0, 0.05) is 31.4 Å². The van der Waals surface area contributed by atoms with E-state index in [-0.39, 0.29) is 18.1 Å². The van der Waals surface area contributed by atoms with E-state index in [9.17, 15) is 9.90 Å². The number of carbonyl (C=O) groups excluding carboxylic acids is 1. The predicted molar refractivity (Wildman–Crippen MR) is 101 cm³/mol. The summed E-state index contributed by atoms with van der Waals surface area (Å²) in [7, 11) is 3.93. The summed E-state index contributed by atoms with van der Waals surface area (Å²) in [5.74, 6) is 0.280. The van der Waals surface area contributed by atoms with Crippen LogP contribution in [0.3, 0.4) is 0 Å². The van der Waals surface area contributed by atoms with Crippen LogP contribution in [0.25, 0.3) is 0 Å². The van der Waals surface area contributed by atoms with Gasteiger partial charge in [0.15, 0.2) is 0 Å². The first-order valence-electron chi connectivity index (χ1n) is 8.83. The average molecular weight is 338 g/mol. The van der Waals surface area contributed by atoms with Gasteiger partial charge in [-0.2, -0.15) is 0 Å². The number of amides is 1. The van der Waals surface area contributed by atoms with Crippen LogP contribution in [0.15, 0.2) is 54.6 Å². The Morgan fingerprint density at radius 3 is 2.52 bits per heavy atom. The second kappa shape index (κ2) is 7.70. The van der Waals surface area contributed by atoms with Crippen LogP contribution in [-0.4, -0.2) is 37.3 Å². The molecular weight excluding hydrogens is 312 g/mol. The summed E-state index contributed by atoms with van der Waals surface area (Å²) in [6, 6.07) is 17.9. The molecule has 1 fully saturated rings. The molecule has 1 saturated carbocycles. The summed E-state index contributed by atoms with van der Waals surface area (Å²) in [4.78, 5) is 14.7. The molecular formula is C21H26N2O2. The summed E-state index contributed by atoms with van der Waals surface area (Å²) < 4.78 is 0. The van der Waals surface area contributed by atoms with Crippen molar-refractivity contribution in [3.05, 3.63) is 65.7 Å². The molecule has 0 aromatic heterocycles. The van der Waals surface area contributed by atoms with Gasteiger partial charge in [-0.1, -0.05) is 36.4 Å². The number of rotatable bonds is 6. The van der Waals surface area contributed by atoms with Crippen molar-refractivity contribution in [2.45, 2.75) is 31.4 Å². The highest BCUT2D eigenvalue weighted by Gasteiger charge is 2.34. The maximum Gasteiger partial charge on any atom is 0.251 e. The zero-order chi connectivity index (χ0) is 17.8. The summed E-state index contributed by atoms with van der Waals surface area (Å²) in [5, 5.41) is 12.9. The normalized spacial score (nSPS) is 20.4. The van der Waals surface area contributed by atoms with Crippen LogP contribution >= 0.6 is 0 Å². The van der Waals surface area contributed by atoms with Crippen molar-refractivity contribution < 1.29 is 9.90 Å². The standard InChI is InChI=1S/C21H26N2O2/c1-23(2)18-10-6-9-16(12-18)21(25)22-20(17-13-19(24)14-17)11-15-7-4-3-5-8-15/h3-10,12,17,19-20,24H,11,13-14H2,1-2H3,(H,22,25)/t17?,19?,20-/m1/s1. The van der Waals surface area contributed by atoms with Gasteiger partial charge in [-0.25, -0.2) is 0 Å². The van der Waals surface area contributed by atoms with Gasteiger partial charge < -0.3 is 15.3 Å². The van der Waals surface area contributed by atoms with Crippen molar-refractivity contribution >= 4 is 11.6 Å². The van der Waals surface area contributed by atoms with Crippen LogP contribution in [0.2, 0.25) is 0 Å². The van der Waals surface area contributed by atoms with E-state index in [1.807, 2.05) is 61.5 Å². The third kappa shape index (κ3) is 4.40. The van der Waals surface area contributed by atoms with Gasteiger partial charge in [-0.15, -0.1) is 0 Å². The Morgan fingerprint density at radius 2 is 1.88 bits per heavy atom. The van der Waals surface area contributed by atoms with E-state index in [2.05, 4.69) is 17.4 Å². The maximum atomic E-state index is 12.8. The number of benzene rings is 2. The van der Waals surface area contributed by atoms with Crippen LogP contribution in [0.4, 0.5) is 5.69 Å². The fourth-order valence-corrected chi connectivity index (χ4v) is 3.34. The van der Waals surface area contributed by atoms with Crippen molar-refractivity contribution in [2.24, 2.45) is 5.92 Å². The van der Waals surface area contributed by atoms with Gasteiger partial charge in [0.05, 0.1) is 6.10 Å². The molecule has 0 radical (unpaired) electrons. The van der Waals surface area contributed by atoms with Crippen LogP contribution in [0.5, 0.6) is 0 Å². The molecule has 3 rings (SSSR count). The van der Waals surface area contributed by atoms with Crippen molar-refractivity contribution in [3.63, 3.8) is 0 Å². The van der Waals surface area contributed by atoms with Crippen LogP contribution < -0.4 is 10.2 Å². The zero-order valence-electron chi connectivity index (χ0n) is 14.9. The lowest BCUT2D eigenvalue weighted by atomic mass is 9.75. The number of aliphatic hydroxyl groups is 1. The molecule has 0 saturated heterocycles. The van der Waals surface area contributed by atoms with E-state index < -0.39 is 0 Å². The molecule has 1 aliphatic carbocycles. The summed E-state index contributed by atoms with van der Waals surface area (Å²) in [6.07, 6.45) is 2.08. The lowest BCUT2D eigenvalue weighted by molar-refractivity contribution is 0.0239. The lowest BCUT2D eigenvalue weighted by Gasteiger charge is -2.38. The smallest absolute Gasteiger partial charge is 0.251 e. The quantitative estimate of drug-likeness (QED) is 0.851. The van der Waals surface area contributed by atoms with Crippen molar-refractivity contribution in [1.82, 2.24) is 5.32 Å². The number of anilines is 1. The van der Waals surface area contributed by atoms with Crippen molar-refractivity contribution in [1.29, 1.82) is 0 Å². The van der Waals surface area contributed by atoms with Crippen LogP contribution in [0, 0.1) is 5.92 Å². The molecule has 0 aliphatic heterocycles. The Labute approximate surface area is 149 Å². The second-order valence-electron chi connectivity index (χ2n) is 7.10. The fraction of sp³-hybridized carbons (Fsp3) is 0.381. The van der Waals surface area contributed by atoms with E-state index in [4.69, 9.17) is 0 Å².